The van der Waals surface area contributed by atoms with Gasteiger partial charge in [0.15, 0.2) is 0 Å². The van der Waals surface area contributed by atoms with Crippen molar-refractivity contribution in [3.63, 3.8) is 0 Å². The Kier molecular flexibility index (Phi) is 4.63. The van der Waals surface area contributed by atoms with Crippen molar-refractivity contribution in [1.29, 1.82) is 0 Å². The molecule has 0 atom stereocenters. The number of carbonyl (C=O) groups is 1. The molecule has 28 heavy (non-hydrogen) atoms. The molecule has 0 radical (unpaired) electrons. The van der Waals surface area contributed by atoms with E-state index in [2.05, 4.69) is 0 Å². The fraction of sp³-hybridized carbons (Fsp3) is 0.250. The topological polar surface area (TPSA) is 57.7 Å². The summed E-state index contributed by atoms with van der Waals surface area (Å²) in [5.74, 6) is -0.496. The normalized spacial score (nSPS) is 14.8. The summed E-state index contributed by atoms with van der Waals surface area (Å²) in [6, 6.07) is 11.7. The molecule has 0 N–H and O–H groups in total. The number of sulfonamides is 1. The second-order valence-corrected chi connectivity index (χ2v) is 9.85. The van der Waals surface area contributed by atoms with Gasteiger partial charge in [0.2, 0.25) is 10.0 Å². The van der Waals surface area contributed by atoms with E-state index in [0.717, 1.165) is 21.2 Å². The number of halogens is 1. The Morgan fingerprint density at radius 2 is 1.89 bits per heavy atom. The first kappa shape index (κ1) is 18.9. The van der Waals surface area contributed by atoms with Gasteiger partial charge in [0.1, 0.15) is 5.82 Å². The molecule has 146 valence electrons. The first-order valence-electron chi connectivity index (χ1n) is 8.79. The standard InChI is InChI=1S/C20H19FN2O3S2/c1-13-16-11-15(21)7-8-18(16)27-19(13)20(24)22-9-10-23(28(2,25)26)17-6-4-3-5-14(17)12-22/h3-8,11H,9-10,12H2,1-2H3. The molecule has 4 rings (SSSR count). The van der Waals surface area contributed by atoms with E-state index in [1.54, 1.807) is 23.1 Å². The fourth-order valence-electron chi connectivity index (χ4n) is 3.56. The Balaban J connectivity index is 1.73. The number of nitrogens with zero attached hydrogens (tertiary/aromatic N) is 2. The van der Waals surface area contributed by atoms with E-state index in [1.165, 1.54) is 34.0 Å². The average molecular weight is 419 g/mol. The van der Waals surface area contributed by atoms with Crippen molar-refractivity contribution in [2.24, 2.45) is 0 Å². The summed E-state index contributed by atoms with van der Waals surface area (Å²) in [6.07, 6.45) is 1.17. The van der Waals surface area contributed by atoms with Crippen LogP contribution >= 0.6 is 11.3 Å². The zero-order valence-corrected chi connectivity index (χ0v) is 17.1. The summed E-state index contributed by atoms with van der Waals surface area (Å²) >= 11 is 1.34. The minimum Gasteiger partial charge on any atom is -0.332 e. The molecule has 0 unspecified atom stereocenters. The Morgan fingerprint density at radius 3 is 2.64 bits per heavy atom. The fourth-order valence-corrected chi connectivity index (χ4v) is 5.67. The van der Waals surface area contributed by atoms with Crippen LogP contribution in [0.15, 0.2) is 42.5 Å². The molecule has 5 nitrogen and oxygen atoms in total. The van der Waals surface area contributed by atoms with Gasteiger partial charge in [-0.25, -0.2) is 12.8 Å². The molecule has 2 aromatic carbocycles. The average Bonchev–Trinajstić information content (AvgIpc) is 2.84. The molecule has 1 aromatic heterocycles. The summed E-state index contributed by atoms with van der Waals surface area (Å²) in [5, 5.41) is 0.737. The first-order chi connectivity index (χ1) is 13.3. The van der Waals surface area contributed by atoms with Gasteiger partial charge in [-0.2, -0.15) is 0 Å². The van der Waals surface area contributed by atoms with E-state index in [1.807, 2.05) is 19.1 Å². The Morgan fingerprint density at radius 1 is 1.14 bits per heavy atom. The number of fused-ring (bicyclic) bond motifs is 2. The van der Waals surface area contributed by atoms with Crippen molar-refractivity contribution in [3.05, 3.63) is 64.3 Å². The highest BCUT2D eigenvalue weighted by atomic mass is 32.2. The molecule has 1 aliphatic rings. The molecule has 0 saturated carbocycles. The van der Waals surface area contributed by atoms with Crippen LogP contribution in [0.5, 0.6) is 0 Å². The van der Waals surface area contributed by atoms with Gasteiger partial charge in [0.05, 0.1) is 23.4 Å². The molecule has 0 aliphatic carbocycles. The second kappa shape index (κ2) is 6.86. The Bertz CT molecular complexity index is 1190. The number of rotatable bonds is 2. The number of anilines is 1. The number of hydrogen-bond donors (Lipinski definition) is 0. The monoisotopic (exact) mass is 418 g/mol. The summed E-state index contributed by atoms with van der Waals surface area (Å²) in [5.41, 5.74) is 2.14. The van der Waals surface area contributed by atoms with E-state index in [-0.39, 0.29) is 24.8 Å². The lowest BCUT2D eigenvalue weighted by atomic mass is 10.1. The SMILES string of the molecule is Cc1c(C(=O)N2CCN(S(C)(=O)=O)c3ccccc3C2)sc2ccc(F)cc12. The van der Waals surface area contributed by atoms with Crippen LogP contribution in [0, 0.1) is 12.7 Å². The molecule has 1 amide bonds. The summed E-state index contributed by atoms with van der Waals surface area (Å²) in [6.45, 7) is 2.62. The van der Waals surface area contributed by atoms with E-state index in [0.29, 0.717) is 17.1 Å². The third kappa shape index (κ3) is 3.27. The van der Waals surface area contributed by atoms with Gasteiger partial charge >= 0.3 is 0 Å². The van der Waals surface area contributed by atoms with Gasteiger partial charge in [0.25, 0.3) is 5.91 Å². The predicted molar refractivity (Wildman–Crippen MR) is 110 cm³/mol. The summed E-state index contributed by atoms with van der Waals surface area (Å²) < 4.78 is 40.3. The van der Waals surface area contributed by atoms with Gasteiger partial charge in [-0.15, -0.1) is 11.3 Å². The van der Waals surface area contributed by atoms with Gasteiger partial charge < -0.3 is 4.90 Å². The highest BCUT2D eigenvalue weighted by Gasteiger charge is 2.29. The maximum atomic E-state index is 13.6. The van der Waals surface area contributed by atoms with Crippen LogP contribution < -0.4 is 4.31 Å². The molecule has 0 fully saturated rings. The van der Waals surface area contributed by atoms with Crippen molar-refractivity contribution in [2.45, 2.75) is 13.5 Å². The molecule has 8 heteroatoms. The summed E-state index contributed by atoms with van der Waals surface area (Å²) in [4.78, 5) is 15.5. The quantitative estimate of drug-likeness (QED) is 0.637. The van der Waals surface area contributed by atoms with Crippen molar-refractivity contribution in [2.75, 3.05) is 23.7 Å². The second-order valence-electron chi connectivity index (χ2n) is 6.89. The van der Waals surface area contributed by atoms with Gasteiger partial charge in [-0.1, -0.05) is 18.2 Å². The van der Waals surface area contributed by atoms with Gasteiger partial charge in [0, 0.05) is 17.8 Å². The minimum absolute atomic E-state index is 0.163. The molecule has 2 heterocycles. The van der Waals surface area contributed by atoms with Crippen molar-refractivity contribution in [1.82, 2.24) is 4.90 Å². The van der Waals surface area contributed by atoms with Crippen LogP contribution in [0.25, 0.3) is 10.1 Å². The molecule has 0 spiro atoms. The molecular weight excluding hydrogens is 399 g/mol. The van der Waals surface area contributed by atoms with Crippen LogP contribution in [0.3, 0.4) is 0 Å². The highest BCUT2D eigenvalue weighted by molar-refractivity contribution is 7.92. The molecule has 1 aliphatic heterocycles. The molecule has 0 bridgehead atoms. The zero-order valence-electron chi connectivity index (χ0n) is 15.5. The smallest absolute Gasteiger partial charge is 0.264 e. The van der Waals surface area contributed by atoms with Crippen molar-refractivity contribution in [3.8, 4) is 0 Å². The van der Waals surface area contributed by atoms with Crippen molar-refractivity contribution < 1.29 is 17.6 Å². The maximum Gasteiger partial charge on any atom is 0.264 e. The number of aryl methyl sites for hydroxylation is 1. The Hall–Kier alpha value is -2.45. The number of para-hydroxylation sites is 1. The first-order valence-corrected chi connectivity index (χ1v) is 11.5. The minimum atomic E-state index is -3.45. The van der Waals surface area contributed by atoms with E-state index < -0.39 is 10.0 Å². The van der Waals surface area contributed by atoms with E-state index in [4.69, 9.17) is 0 Å². The Labute approximate surface area is 167 Å². The molecule has 0 saturated heterocycles. The third-order valence-corrected chi connectivity index (χ3v) is 7.42. The van der Waals surface area contributed by atoms with Gasteiger partial charge in [-0.3, -0.25) is 9.10 Å². The largest absolute Gasteiger partial charge is 0.332 e. The van der Waals surface area contributed by atoms with Crippen LogP contribution in [-0.4, -0.2) is 38.6 Å². The summed E-state index contributed by atoms with van der Waals surface area (Å²) in [7, 11) is -3.45. The third-order valence-electron chi connectivity index (χ3n) is 4.97. The highest BCUT2D eigenvalue weighted by Crippen LogP contribution is 2.34. The number of hydrogen-bond acceptors (Lipinski definition) is 4. The van der Waals surface area contributed by atoms with Crippen molar-refractivity contribution >= 4 is 43.0 Å². The number of amides is 1. The van der Waals surface area contributed by atoms with Crippen LogP contribution in [0.4, 0.5) is 10.1 Å². The molecular formula is C20H19FN2O3S2. The van der Waals surface area contributed by atoms with Gasteiger partial charge in [-0.05, 0) is 47.7 Å². The van der Waals surface area contributed by atoms with E-state index >= 15 is 0 Å². The van der Waals surface area contributed by atoms with Crippen LogP contribution in [0.1, 0.15) is 20.8 Å². The number of benzene rings is 2. The van der Waals surface area contributed by atoms with Crippen LogP contribution in [0.2, 0.25) is 0 Å². The molecule has 3 aromatic rings. The number of carbonyl (C=O) groups excluding carboxylic acids is 1. The van der Waals surface area contributed by atoms with E-state index in [9.17, 15) is 17.6 Å². The lowest BCUT2D eigenvalue weighted by molar-refractivity contribution is 0.0756. The van der Waals surface area contributed by atoms with Crippen LogP contribution in [-0.2, 0) is 16.6 Å². The lowest BCUT2D eigenvalue weighted by Crippen LogP contribution is -2.37. The zero-order chi connectivity index (χ0) is 20.1. The maximum absolute atomic E-state index is 13.6. The number of thiophene rings is 1. The predicted octanol–water partition coefficient (Wildman–Crippen LogP) is 3.77. The lowest BCUT2D eigenvalue weighted by Gasteiger charge is -2.22.